The maximum atomic E-state index is 13.1. The molecule has 1 amide bonds. The van der Waals surface area contributed by atoms with Crippen molar-refractivity contribution in [2.45, 2.75) is 71.1 Å². The van der Waals surface area contributed by atoms with E-state index in [1.807, 2.05) is 12.3 Å². The predicted octanol–water partition coefficient (Wildman–Crippen LogP) is 3.10. The zero-order valence-electron chi connectivity index (χ0n) is 18.5. The Labute approximate surface area is 199 Å². The molecule has 178 valence electrons. The van der Waals surface area contributed by atoms with E-state index in [1.54, 1.807) is 31.9 Å². The van der Waals surface area contributed by atoms with Gasteiger partial charge in [0.2, 0.25) is 5.91 Å². The van der Waals surface area contributed by atoms with Gasteiger partial charge in [-0.3, -0.25) is 19.3 Å². The highest BCUT2D eigenvalue weighted by molar-refractivity contribution is 7.09. The van der Waals surface area contributed by atoms with Crippen molar-refractivity contribution in [2.24, 2.45) is 5.92 Å². The minimum Gasteiger partial charge on any atom is -0.480 e. The summed E-state index contributed by atoms with van der Waals surface area (Å²) in [5.74, 6) is -1.86. The van der Waals surface area contributed by atoms with Crippen LogP contribution in [0.2, 0.25) is 0 Å². The molecule has 2 heterocycles. The molecule has 0 bridgehead atoms. The van der Waals surface area contributed by atoms with Gasteiger partial charge in [-0.1, -0.05) is 13.3 Å². The lowest BCUT2D eigenvalue weighted by molar-refractivity contribution is -0.162. The number of hydrogen-bond donors (Lipinski definition) is 2. The summed E-state index contributed by atoms with van der Waals surface area (Å²) in [5.41, 5.74) is -0.683. The summed E-state index contributed by atoms with van der Waals surface area (Å²) < 4.78 is 5.66. The number of ether oxygens (including phenoxy) is 1. The van der Waals surface area contributed by atoms with Gasteiger partial charge in [-0.05, 0) is 33.1 Å². The number of amides is 1. The second kappa shape index (κ2) is 12.6. The Kier molecular flexibility index (Phi) is 12.0. The van der Waals surface area contributed by atoms with Crippen molar-refractivity contribution in [3.63, 3.8) is 0 Å². The molecule has 1 saturated heterocycles. The number of rotatable bonds is 8. The third-order valence-corrected chi connectivity index (χ3v) is 5.91. The molecule has 4 atom stereocenters. The molecule has 1 fully saturated rings. The van der Waals surface area contributed by atoms with E-state index in [0.29, 0.717) is 19.5 Å². The van der Waals surface area contributed by atoms with Gasteiger partial charge >= 0.3 is 11.9 Å². The minimum atomic E-state index is -0.966. The highest BCUT2D eigenvalue weighted by atomic mass is 35.5. The number of carbonyl (C=O) groups is 3. The normalized spacial score (nSPS) is 22.0. The monoisotopic (exact) mass is 497 g/mol. The van der Waals surface area contributed by atoms with Crippen LogP contribution in [0.3, 0.4) is 0 Å². The zero-order chi connectivity index (χ0) is 21.8. The van der Waals surface area contributed by atoms with Gasteiger partial charge < -0.3 is 15.2 Å². The molecule has 1 aromatic rings. The molecule has 0 saturated carbocycles. The summed E-state index contributed by atoms with van der Waals surface area (Å²) >= 11 is 1.42. The largest absolute Gasteiger partial charge is 0.480 e. The van der Waals surface area contributed by atoms with Gasteiger partial charge in [0.1, 0.15) is 17.7 Å². The summed E-state index contributed by atoms with van der Waals surface area (Å²) in [6.45, 7) is 9.62. The van der Waals surface area contributed by atoms with E-state index in [-0.39, 0.29) is 42.6 Å². The Bertz CT molecular complexity index is 727. The van der Waals surface area contributed by atoms with Crippen LogP contribution in [0, 0.1) is 5.92 Å². The molecular weight excluding hydrogens is 465 g/mol. The topological polar surface area (TPSA) is 109 Å². The lowest BCUT2D eigenvalue weighted by Crippen LogP contribution is -2.50. The third kappa shape index (κ3) is 8.21. The van der Waals surface area contributed by atoms with Crippen LogP contribution in [0.4, 0.5) is 0 Å². The quantitative estimate of drug-likeness (QED) is 0.530. The molecule has 4 unspecified atom stereocenters. The Morgan fingerprint density at radius 2 is 2.00 bits per heavy atom. The average Bonchev–Trinajstić information content (AvgIpc) is 3.24. The molecule has 31 heavy (non-hydrogen) atoms. The summed E-state index contributed by atoms with van der Waals surface area (Å²) in [6.07, 6.45) is 2.70. The lowest BCUT2D eigenvalue weighted by atomic mass is 9.99. The molecule has 2 N–H and O–H groups in total. The van der Waals surface area contributed by atoms with Crippen LogP contribution in [0.25, 0.3) is 0 Å². The minimum absolute atomic E-state index is 0. The van der Waals surface area contributed by atoms with E-state index in [4.69, 9.17) is 4.74 Å². The Hall–Kier alpha value is -1.42. The van der Waals surface area contributed by atoms with Crippen molar-refractivity contribution in [1.29, 1.82) is 0 Å². The van der Waals surface area contributed by atoms with E-state index in [0.717, 1.165) is 11.4 Å². The second-order valence-corrected chi connectivity index (χ2v) is 9.38. The molecule has 1 aliphatic heterocycles. The fourth-order valence-corrected chi connectivity index (χ4v) is 4.44. The maximum absolute atomic E-state index is 13.1. The molecule has 2 rings (SSSR count). The molecule has 8 nitrogen and oxygen atoms in total. The number of hydrogen-bond acceptors (Lipinski definition) is 7. The van der Waals surface area contributed by atoms with Gasteiger partial charge in [0.05, 0.1) is 5.01 Å². The number of nitrogens with one attached hydrogen (secondary N) is 1. The van der Waals surface area contributed by atoms with Gasteiger partial charge in [-0.25, -0.2) is 4.98 Å². The van der Waals surface area contributed by atoms with Gasteiger partial charge in [0, 0.05) is 37.5 Å². The number of halogens is 2. The highest BCUT2D eigenvalue weighted by Crippen LogP contribution is 2.40. The molecule has 1 aromatic heterocycles. The van der Waals surface area contributed by atoms with Gasteiger partial charge in [0.25, 0.3) is 0 Å². The van der Waals surface area contributed by atoms with Crippen molar-refractivity contribution >= 4 is 54.0 Å². The number of esters is 1. The summed E-state index contributed by atoms with van der Waals surface area (Å²) in [6, 6.07) is -1.54. The van der Waals surface area contributed by atoms with Crippen LogP contribution in [-0.2, 0) is 19.1 Å². The SMILES string of the molecule is CCC(CNC(C)=O)CN1C(C(=O)O)CC(c2nccs2)C1C(=O)OC(C)(C)C.Cl.Cl. The fourth-order valence-electron chi connectivity index (χ4n) is 3.65. The molecular formula is C20H33Cl2N3O5S. The maximum Gasteiger partial charge on any atom is 0.324 e. The average molecular weight is 498 g/mol. The molecule has 0 radical (unpaired) electrons. The van der Waals surface area contributed by atoms with Crippen LogP contribution in [0.5, 0.6) is 0 Å². The van der Waals surface area contributed by atoms with Crippen molar-refractivity contribution in [3.8, 4) is 0 Å². The zero-order valence-corrected chi connectivity index (χ0v) is 20.9. The summed E-state index contributed by atoms with van der Waals surface area (Å²) in [7, 11) is 0. The first kappa shape index (κ1) is 29.6. The van der Waals surface area contributed by atoms with Crippen LogP contribution in [0.1, 0.15) is 58.4 Å². The Balaban J connectivity index is 0.00000450. The van der Waals surface area contributed by atoms with E-state index in [1.165, 1.54) is 18.3 Å². The van der Waals surface area contributed by atoms with Crippen LogP contribution in [-0.4, -0.2) is 63.6 Å². The lowest BCUT2D eigenvalue weighted by Gasteiger charge is -2.33. The number of thiazole rings is 1. The fraction of sp³-hybridized carbons (Fsp3) is 0.700. The van der Waals surface area contributed by atoms with Crippen molar-refractivity contribution in [3.05, 3.63) is 16.6 Å². The van der Waals surface area contributed by atoms with Gasteiger partial charge in [-0.2, -0.15) is 0 Å². The summed E-state index contributed by atoms with van der Waals surface area (Å²) in [5, 5.41) is 15.2. The van der Waals surface area contributed by atoms with E-state index in [2.05, 4.69) is 10.3 Å². The first-order chi connectivity index (χ1) is 13.5. The van der Waals surface area contributed by atoms with E-state index >= 15 is 0 Å². The van der Waals surface area contributed by atoms with E-state index < -0.39 is 29.6 Å². The van der Waals surface area contributed by atoms with E-state index in [9.17, 15) is 19.5 Å². The highest BCUT2D eigenvalue weighted by Gasteiger charge is 2.51. The number of likely N-dealkylation sites (tertiary alicyclic amines) is 1. The van der Waals surface area contributed by atoms with Crippen molar-refractivity contribution in [2.75, 3.05) is 13.1 Å². The molecule has 1 aliphatic rings. The Morgan fingerprint density at radius 3 is 2.45 bits per heavy atom. The predicted molar refractivity (Wildman–Crippen MR) is 124 cm³/mol. The number of carboxylic acids is 1. The number of nitrogens with zero attached hydrogens (tertiary/aromatic N) is 2. The molecule has 0 spiro atoms. The molecule has 0 aliphatic carbocycles. The van der Waals surface area contributed by atoms with Crippen LogP contribution >= 0.6 is 36.2 Å². The van der Waals surface area contributed by atoms with Gasteiger partial charge in [-0.15, -0.1) is 36.2 Å². The van der Waals surface area contributed by atoms with Crippen LogP contribution in [0.15, 0.2) is 11.6 Å². The second-order valence-electron chi connectivity index (χ2n) is 8.45. The summed E-state index contributed by atoms with van der Waals surface area (Å²) in [4.78, 5) is 42.6. The van der Waals surface area contributed by atoms with Crippen molar-refractivity contribution < 1.29 is 24.2 Å². The van der Waals surface area contributed by atoms with Gasteiger partial charge in [0.15, 0.2) is 0 Å². The third-order valence-electron chi connectivity index (χ3n) is 5.00. The number of carbonyl (C=O) groups excluding carboxylic acids is 2. The first-order valence-corrected chi connectivity index (χ1v) is 10.8. The smallest absolute Gasteiger partial charge is 0.324 e. The Morgan fingerprint density at radius 1 is 1.35 bits per heavy atom. The molecule has 11 heteroatoms. The molecule has 0 aromatic carbocycles. The number of carboxylic acid groups (broad SMARTS) is 1. The number of aromatic nitrogens is 1. The van der Waals surface area contributed by atoms with Crippen molar-refractivity contribution in [1.82, 2.24) is 15.2 Å². The van der Waals surface area contributed by atoms with Crippen LogP contribution < -0.4 is 5.32 Å². The standard InChI is InChI=1S/C20H31N3O5S.2ClH/c1-6-13(10-22-12(2)24)11-23-15(18(25)26)9-14(17-21-7-8-29-17)16(23)19(27)28-20(3,4)5;;/h7-8,13-16H,6,9-11H2,1-5H3,(H,22,24)(H,25,26);2*1H. The first-order valence-electron chi connectivity index (χ1n) is 9.88. The number of aliphatic carboxylic acids is 1.